The van der Waals surface area contributed by atoms with E-state index in [9.17, 15) is 17.6 Å². The first-order valence-corrected chi connectivity index (χ1v) is 8.57. The SMILES string of the molecule is CC1(c2cc(Nc3ncncn3)c3cccnc3n2)CC(C(F)(F)F)=CC=C1F. The molecule has 0 fully saturated rings. The molecule has 0 spiro atoms. The molecule has 1 N–H and O–H groups in total. The predicted octanol–water partition coefficient (Wildman–Crippen LogP) is 4.56. The lowest BCUT2D eigenvalue weighted by molar-refractivity contribution is -0.0958. The Kier molecular flexibility index (Phi) is 4.48. The van der Waals surface area contributed by atoms with Gasteiger partial charge in [-0.3, -0.25) is 0 Å². The van der Waals surface area contributed by atoms with Gasteiger partial charge in [0.05, 0.1) is 16.8 Å². The Labute approximate surface area is 162 Å². The highest BCUT2D eigenvalue weighted by Crippen LogP contribution is 2.46. The van der Waals surface area contributed by atoms with Gasteiger partial charge in [-0.1, -0.05) is 6.08 Å². The lowest BCUT2D eigenvalue weighted by atomic mass is 9.75. The molecule has 0 saturated carbocycles. The Hall–Kier alpha value is -3.43. The van der Waals surface area contributed by atoms with Gasteiger partial charge < -0.3 is 5.32 Å². The summed E-state index contributed by atoms with van der Waals surface area (Å²) in [4.78, 5) is 20.2. The molecule has 0 saturated heterocycles. The largest absolute Gasteiger partial charge is 0.412 e. The van der Waals surface area contributed by atoms with Gasteiger partial charge in [-0.25, -0.2) is 29.3 Å². The maximum Gasteiger partial charge on any atom is 0.412 e. The van der Waals surface area contributed by atoms with Gasteiger partial charge >= 0.3 is 6.18 Å². The average Bonchev–Trinajstić information content (AvgIpc) is 2.70. The van der Waals surface area contributed by atoms with Gasteiger partial charge in [0.25, 0.3) is 0 Å². The minimum atomic E-state index is -4.56. The highest BCUT2D eigenvalue weighted by atomic mass is 19.4. The first-order chi connectivity index (χ1) is 13.8. The zero-order chi connectivity index (χ0) is 20.6. The van der Waals surface area contributed by atoms with Gasteiger partial charge in [-0.05, 0) is 37.6 Å². The number of rotatable bonds is 3. The number of pyridine rings is 2. The molecule has 6 nitrogen and oxygen atoms in total. The van der Waals surface area contributed by atoms with E-state index >= 15 is 0 Å². The fraction of sp³-hybridized carbons (Fsp3) is 0.211. The number of hydrogen-bond donors (Lipinski definition) is 1. The van der Waals surface area contributed by atoms with Crippen LogP contribution in [-0.2, 0) is 5.41 Å². The summed E-state index contributed by atoms with van der Waals surface area (Å²) >= 11 is 0. The molecule has 29 heavy (non-hydrogen) atoms. The fourth-order valence-corrected chi connectivity index (χ4v) is 3.16. The van der Waals surface area contributed by atoms with E-state index in [1.54, 1.807) is 12.1 Å². The summed E-state index contributed by atoms with van der Waals surface area (Å²) < 4.78 is 54.6. The summed E-state index contributed by atoms with van der Waals surface area (Å²) in [5.41, 5.74) is -1.60. The van der Waals surface area contributed by atoms with E-state index in [4.69, 9.17) is 0 Å². The van der Waals surface area contributed by atoms with Crippen LogP contribution in [0.1, 0.15) is 19.0 Å². The monoisotopic (exact) mass is 402 g/mol. The van der Waals surface area contributed by atoms with Gasteiger partial charge in [0.2, 0.25) is 5.95 Å². The second kappa shape index (κ2) is 6.87. The second-order valence-corrected chi connectivity index (χ2v) is 6.73. The van der Waals surface area contributed by atoms with Crippen molar-refractivity contribution in [2.75, 3.05) is 5.32 Å². The molecule has 10 heteroatoms. The van der Waals surface area contributed by atoms with Crippen molar-refractivity contribution in [2.45, 2.75) is 24.9 Å². The predicted molar refractivity (Wildman–Crippen MR) is 97.9 cm³/mol. The van der Waals surface area contributed by atoms with Gasteiger partial charge in [0.15, 0.2) is 5.65 Å². The molecule has 0 aliphatic heterocycles. The van der Waals surface area contributed by atoms with Gasteiger partial charge in [-0.2, -0.15) is 13.2 Å². The molecule has 1 atom stereocenters. The number of nitrogens with zero attached hydrogens (tertiary/aromatic N) is 5. The molecular formula is C19H14F4N6. The Bertz CT molecular complexity index is 1130. The summed E-state index contributed by atoms with van der Waals surface area (Å²) in [5, 5.41) is 3.57. The zero-order valence-electron chi connectivity index (χ0n) is 15.1. The number of fused-ring (bicyclic) bond motifs is 1. The number of allylic oxidation sites excluding steroid dienone is 4. The first-order valence-electron chi connectivity index (χ1n) is 8.57. The van der Waals surface area contributed by atoms with Gasteiger partial charge in [0, 0.05) is 17.2 Å². The van der Waals surface area contributed by atoms with E-state index in [2.05, 4.69) is 30.2 Å². The molecule has 3 heterocycles. The maximum absolute atomic E-state index is 14.8. The molecule has 1 aliphatic carbocycles. The van der Waals surface area contributed by atoms with Crippen LogP contribution in [0.4, 0.5) is 29.2 Å². The van der Waals surface area contributed by atoms with Crippen molar-refractivity contribution in [3.05, 3.63) is 66.3 Å². The molecule has 0 amide bonds. The lowest BCUT2D eigenvalue weighted by Crippen LogP contribution is -2.31. The summed E-state index contributed by atoms with van der Waals surface area (Å²) in [6.45, 7) is 1.39. The highest BCUT2D eigenvalue weighted by Gasteiger charge is 2.44. The molecule has 0 radical (unpaired) electrons. The van der Waals surface area contributed by atoms with Crippen LogP contribution in [0.5, 0.6) is 0 Å². The number of alkyl halides is 3. The molecule has 3 aromatic rings. The van der Waals surface area contributed by atoms with E-state index in [0.29, 0.717) is 11.1 Å². The first kappa shape index (κ1) is 18.9. The lowest BCUT2D eigenvalue weighted by Gasteiger charge is -2.32. The number of halogens is 4. The molecular weight excluding hydrogens is 388 g/mol. The van der Waals surface area contributed by atoms with E-state index in [1.807, 2.05) is 0 Å². The van der Waals surface area contributed by atoms with E-state index in [-0.39, 0.29) is 17.3 Å². The van der Waals surface area contributed by atoms with Crippen molar-refractivity contribution >= 4 is 22.7 Å². The van der Waals surface area contributed by atoms with Crippen LogP contribution in [0, 0.1) is 0 Å². The number of aromatic nitrogens is 5. The third kappa shape index (κ3) is 3.53. The fourth-order valence-electron chi connectivity index (χ4n) is 3.16. The quantitative estimate of drug-likeness (QED) is 0.647. The van der Waals surface area contributed by atoms with Crippen LogP contribution in [0.25, 0.3) is 11.0 Å². The van der Waals surface area contributed by atoms with Crippen LogP contribution in [0.15, 0.2) is 60.6 Å². The summed E-state index contributed by atoms with van der Waals surface area (Å²) in [6, 6.07) is 4.93. The van der Waals surface area contributed by atoms with E-state index in [1.165, 1.54) is 31.8 Å². The van der Waals surface area contributed by atoms with Gasteiger partial charge in [-0.15, -0.1) is 0 Å². The van der Waals surface area contributed by atoms with Crippen LogP contribution in [-0.4, -0.2) is 31.1 Å². The van der Waals surface area contributed by atoms with Crippen molar-refractivity contribution in [3.63, 3.8) is 0 Å². The second-order valence-electron chi connectivity index (χ2n) is 6.73. The van der Waals surface area contributed by atoms with Gasteiger partial charge in [0.1, 0.15) is 18.5 Å². The Morgan fingerprint density at radius 1 is 1.10 bits per heavy atom. The Balaban J connectivity index is 1.84. The maximum atomic E-state index is 14.8. The molecule has 148 valence electrons. The van der Waals surface area contributed by atoms with Crippen molar-refractivity contribution in [1.82, 2.24) is 24.9 Å². The average molecular weight is 402 g/mol. The van der Waals surface area contributed by atoms with E-state index < -0.39 is 29.4 Å². The normalized spacial score (nSPS) is 19.6. The smallest absolute Gasteiger partial charge is 0.323 e. The van der Waals surface area contributed by atoms with Crippen molar-refractivity contribution < 1.29 is 17.6 Å². The molecule has 1 unspecified atom stereocenters. The number of hydrogen-bond acceptors (Lipinski definition) is 6. The zero-order valence-corrected chi connectivity index (χ0v) is 15.1. The van der Waals surface area contributed by atoms with Crippen molar-refractivity contribution in [1.29, 1.82) is 0 Å². The summed E-state index contributed by atoms with van der Waals surface area (Å²) in [7, 11) is 0. The van der Waals surface area contributed by atoms with Crippen molar-refractivity contribution in [2.24, 2.45) is 0 Å². The van der Waals surface area contributed by atoms with Crippen LogP contribution in [0.2, 0.25) is 0 Å². The topological polar surface area (TPSA) is 76.5 Å². The minimum Gasteiger partial charge on any atom is -0.323 e. The number of anilines is 2. The van der Waals surface area contributed by atoms with E-state index in [0.717, 1.165) is 12.2 Å². The third-order valence-electron chi connectivity index (χ3n) is 4.76. The Morgan fingerprint density at radius 2 is 1.86 bits per heavy atom. The standard InChI is InChI=1S/C19H14F4N6/c1-18(8-11(19(21,22)23)4-5-14(18)20)15-7-13(28-17-26-9-24-10-27-17)12-3-2-6-25-16(12)29-15/h2-7,9-10H,8H2,1H3,(H,24,25,26,27,28,29). The minimum absolute atomic E-state index is 0.115. The highest BCUT2D eigenvalue weighted by molar-refractivity contribution is 5.90. The Morgan fingerprint density at radius 3 is 2.59 bits per heavy atom. The number of nitrogens with one attached hydrogen (secondary N) is 1. The molecule has 1 aliphatic rings. The molecule has 3 aromatic heterocycles. The van der Waals surface area contributed by atoms with Crippen LogP contribution < -0.4 is 5.32 Å². The third-order valence-corrected chi connectivity index (χ3v) is 4.76. The summed E-state index contributed by atoms with van der Waals surface area (Å²) in [5.74, 6) is -0.484. The van der Waals surface area contributed by atoms with Crippen LogP contribution in [0.3, 0.4) is 0 Å². The van der Waals surface area contributed by atoms with Crippen molar-refractivity contribution in [3.8, 4) is 0 Å². The molecule has 4 rings (SSSR count). The van der Waals surface area contributed by atoms with Crippen LogP contribution >= 0.6 is 0 Å². The molecule has 0 bridgehead atoms. The molecule has 0 aromatic carbocycles. The summed E-state index contributed by atoms with van der Waals surface area (Å²) in [6.07, 6.45) is 0.569.